The van der Waals surface area contributed by atoms with E-state index in [-0.39, 0.29) is 6.61 Å². The van der Waals surface area contributed by atoms with Gasteiger partial charge in [0.05, 0.1) is 14.2 Å². The van der Waals surface area contributed by atoms with Crippen molar-refractivity contribution in [1.29, 1.82) is 0 Å². The van der Waals surface area contributed by atoms with Gasteiger partial charge in [-0.05, 0) is 29.7 Å². The lowest BCUT2D eigenvalue weighted by molar-refractivity contribution is 0.140. The second-order valence-corrected chi connectivity index (χ2v) is 6.18. The van der Waals surface area contributed by atoms with Gasteiger partial charge < -0.3 is 19.5 Å². The maximum Gasteiger partial charge on any atom is 0.407 e. The average Bonchev–Trinajstić information content (AvgIpc) is 2.72. The van der Waals surface area contributed by atoms with Crippen molar-refractivity contribution in [3.8, 4) is 11.5 Å². The van der Waals surface area contributed by atoms with Crippen LogP contribution < -0.4 is 14.8 Å². The van der Waals surface area contributed by atoms with Crippen molar-refractivity contribution >= 4 is 11.8 Å². The van der Waals surface area contributed by atoms with Crippen molar-refractivity contribution in [2.45, 2.75) is 19.4 Å². The fourth-order valence-electron chi connectivity index (χ4n) is 3.06. The molecule has 0 aliphatic carbocycles. The fourth-order valence-corrected chi connectivity index (χ4v) is 3.06. The van der Waals surface area contributed by atoms with E-state index in [1.807, 2.05) is 42.5 Å². The summed E-state index contributed by atoms with van der Waals surface area (Å²) >= 11 is 0. The molecule has 0 radical (unpaired) electrons. The van der Waals surface area contributed by atoms with Gasteiger partial charge in [0.15, 0.2) is 11.5 Å². The van der Waals surface area contributed by atoms with Crippen LogP contribution in [0.2, 0.25) is 0 Å². The molecule has 1 heterocycles. The third kappa shape index (κ3) is 4.78. The first-order chi connectivity index (χ1) is 13.2. The van der Waals surface area contributed by atoms with E-state index in [2.05, 4.69) is 10.3 Å². The third-order valence-electron chi connectivity index (χ3n) is 4.45. The molecule has 1 aliphatic heterocycles. The van der Waals surface area contributed by atoms with E-state index in [0.717, 1.165) is 35.6 Å². The molecule has 0 fully saturated rings. The van der Waals surface area contributed by atoms with Gasteiger partial charge in [0.25, 0.3) is 0 Å². The van der Waals surface area contributed by atoms with Gasteiger partial charge in [-0.15, -0.1) is 0 Å². The van der Waals surface area contributed by atoms with Gasteiger partial charge in [-0.25, -0.2) is 4.79 Å². The van der Waals surface area contributed by atoms with Crippen LogP contribution in [0, 0.1) is 0 Å². The molecule has 2 aromatic rings. The number of carbonyl (C=O) groups excluding carboxylic acids is 1. The molecule has 27 heavy (non-hydrogen) atoms. The number of fused-ring (bicyclic) bond motifs is 1. The van der Waals surface area contributed by atoms with E-state index in [0.29, 0.717) is 18.7 Å². The number of hydrogen-bond donors (Lipinski definition) is 1. The molecule has 0 bridgehead atoms. The van der Waals surface area contributed by atoms with Gasteiger partial charge in [-0.3, -0.25) is 4.99 Å². The molecule has 142 valence electrons. The van der Waals surface area contributed by atoms with Crippen LogP contribution in [0.3, 0.4) is 0 Å². The van der Waals surface area contributed by atoms with E-state index < -0.39 is 6.09 Å². The molecule has 0 aromatic heterocycles. The first-order valence-electron chi connectivity index (χ1n) is 8.94. The van der Waals surface area contributed by atoms with Gasteiger partial charge in [0.2, 0.25) is 0 Å². The Morgan fingerprint density at radius 1 is 1.11 bits per heavy atom. The van der Waals surface area contributed by atoms with Crippen LogP contribution in [0.5, 0.6) is 11.5 Å². The molecule has 0 spiro atoms. The summed E-state index contributed by atoms with van der Waals surface area (Å²) in [6.07, 6.45) is 1.07. The highest BCUT2D eigenvalue weighted by Gasteiger charge is 2.18. The monoisotopic (exact) mass is 368 g/mol. The molecule has 1 amide bonds. The topological polar surface area (TPSA) is 69.2 Å². The Morgan fingerprint density at radius 3 is 2.59 bits per heavy atom. The minimum absolute atomic E-state index is 0.257. The van der Waals surface area contributed by atoms with Crippen molar-refractivity contribution in [2.24, 2.45) is 4.99 Å². The lowest BCUT2D eigenvalue weighted by Gasteiger charge is -2.20. The molecule has 1 N–H and O–H groups in total. The van der Waals surface area contributed by atoms with Crippen molar-refractivity contribution in [2.75, 3.05) is 27.3 Å². The van der Waals surface area contributed by atoms with Crippen molar-refractivity contribution in [3.63, 3.8) is 0 Å². The predicted octanol–water partition coefficient (Wildman–Crippen LogP) is 3.37. The highest BCUT2D eigenvalue weighted by Crippen LogP contribution is 2.32. The van der Waals surface area contributed by atoms with E-state index in [9.17, 15) is 4.79 Å². The lowest BCUT2D eigenvalue weighted by atomic mass is 9.95. The van der Waals surface area contributed by atoms with Crippen molar-refractivity contribution in [3.05, 3.63) is 59.2 Å². The number of carbonyl (C=O) groups is 1. The summed E-state index contributed by atoms with van der Waals surface area (Å²) in [6, 6.07) is 13.6. The summed E-state index contributed by atoms with van der Waals surface area (Å²) in [5.41, 5.74) is 4.16. The molecule has 6 heteroatoms. The lowest BCUT2D eigenvalue weighted by Crippen LogP contribution is -2.27. The quantitative estimate of drug-likeness (QED) is 0.814. The van der Waals surface area contributed by atoms with E-state index in [1.165, 1.54) is 5.56 Å². The average molecular weight is 368 g/mol. The number of nitrogens with zero attached hydrogens (tertiary/aromatic N) is 1. The standard InChI is InChI=1S/C21H24N2O4/c1-25-19-12-16-8-10-22-18(17(16)13-20(19)26-2)9-11-23-21(24)27-14-15-6-4-3-5-7-15/h3-7,12-13H,8-11,14H2,1-2H3,(H,23,24). The number of aliphatic imine (C=N–C) groups is 1. The number of benzene rings is 2. The minimum Gasteiger partial charge on any atom is -0.493 e. The summed E-state index contributed by atoms with van der Waals surface area (Å²) < 4.78 is 16.0. The predicted molar refractivity (Wildman–Crippen MR) is 104 cm³/mol. The van der Waals surface area contributed by atoms with Crippen LogP contribution in [0.4, 0.5) is 4.79 Å². The molecule has 6 nitrogen and oxygen atoms in total. The number of alkyl carbamates (subject to hydrolysis) is 1. The van der Waals surface area contributed by atoms with Crippen LogP contribution in [-0.4, -0.2) is 39.1 Å². The van der Waals surface area contributed by atoms with Gasteiger partial charge >= 0.3 is 6.09 Å². The molecule has 2 aromatic carbocycles. The van der Waals surface area contributed by atoms with Crippen LogP contribution in [0.15, 0.2) is 47.5 Å². The number of hydrogen-bond acceptors (Lipinski definition) is 5. The fraction of sp³-hybridized carbons (Fsp3) is 0.333. The minimum atomic E-state index is -0.428. The molecular formula is C21H24N2O4. The number of amides is 1. The highest BCUT2D eigenvalue weighted by molar-refractivity contribution is 6.03. The van der Waals surface area contributed by atoms with Crippen LogP contribution in [0.1, 0.15) is 23.1 Å². The second kappa shape index (κ2) is 9.07. The highest BCUT2D eigenvalue weighted by atomic mass is 16.5. The Bertz CT molecular complexity index is 818. The summed E-state index contributed by atoms with van der Waals surface area (Å²) in [6.45, 7) is 1.45. The van der Waals surface area contributed by atoms with Gasteiger partial charge in [-0.2, -0.15) is 0 Å². The largest absolute Gasteiger partial charge is 0.493 e. The number of methoxy groups -OCH3 is 2. The zero-order valence-electron chi connectivity index (χ0n) is 15.7. The van der Waals surface area contributed by atoms with E-state index in [4.69, 9.17) is 14.2 Å². The maximum atomic E-state index is 11.9. The van der Waals surface area contributed by atoms with Gasteiger partial charge in [0, 0.05) is 30.8 Å². The molecule has 0 saturated heterocycles. The molecule has 3 rings (SSSR count). The Hall–Kier alpha value is -3.02. The third-order valence-corrected chi connectivity index (χ3v) is 4.45. The Balaban J connectivity index is 1.54. The number of ether oxygens (including phenoxy) is 3. The van der Waals surface area contributed by atoms with Gasteiger partial charge in [0.1, 0.15) is 6.61 Å². The Labute approximate surface area is 159 Å². The van der Waals surface area contributed by atoms with Gasteiger partial charge in [-0.1, -0.05) is 30.3 Å². The maximum absolute atomic E-state index is 11.9. The Kier molecular flexibility index (Phi) is 6.30. The molecule has 0 saturated carbocycles. The summed E-state index contributed by atoms with van der Waals surface area (Å²) in [5, 5.41) is 2.78. The molecule has 1 aliphatic rings. The number of rotatable bonds is 7. The van der Waals surface area contributed by atoms with Crippen LogP contribution in [-0.2, 0) is 17.8 Å². The van der Waals surface area contributed by atoms with E-state index >= 15 is 0 Å². The van der Waals surface area contributed by atoms with Crippen LogP contribution in [0.25, 0.3) is 0 Å². The van der Waals surface area contributed by atoms with Crippen molar-refractivity contribution in [1.82, 2.24) is 5.32 Å². The summed E-state index contributed by atoms with van der Waals surface area (Å²) in [5.74, 6) is 1.40. The van der Waals surface area contributed by atoms with Crippen molar-refractivity contribution < 1.29 is 19.0 Å². The van der Waals surface area contributed by atoms with E-state index in [1.54, 1.807) is 14.2 Å². The molecular weight excluding hydrogens is 344 g/mol. The number of nitrogens with one attached hydrogen (secondary N) is 1. The summed E-state index contributed by atoms with van der Waals surface area (Å²) in [4.78, 5) is 16.5. The van der Waals surface area contributed by atoms with Crippen LogP contribution >= 0.6 is 0 Å². The zero-order valence-corrected chi connectivity index (χ0v) is 15.7. The Morgan fingerprint density at radius 2 is 1.85 bits per heavy atom. The SMILES string of the molecule is COc1cc2c(cc1OC)C(CCNC(=O)OCc1ccccc1)=NCC2. The second-order valence-electron chi connectivity index (χ2n) is 6.18. The first-order valence-corrected chi connectivity index (χ1v) is 8.94. The summed E-state index contributed by atoms with van der Waals surface area (Å²) in [7, 11) is 3.25. The molecule has 0 unspecified atom stereocenters. The normalized spacial score (nSPS) is 12.6. The smallest absolute Gasteiger partial charge is 0.407 e. The zero-order chi connectivity index (χ0) is 19.1. The first kappa shape index (κ1) is 18.8. The molecule has 0 atom stereocenters.